The smallest absolute Gasteiger partial charge is 0.352 e. The Balaban J connectivity index is 4.31. The van der Waals surface area contributed by atoms with Crippen molar-refractivity contribution in [3.63, 3.8) is 0 Å². The highest BCUT2D eigenvalue weighted by molar-refractivity contribution is 5.83. The molecule has 0 amide bonds. The molecule has 1 unspecified atom stereocenters. The van der Waals surface area contributed by atoms with E-state index in [4.69, 9.17) is 0 Å². The Morgan fingerprint density at radius 3 is 2.27 bits per heavy atom. The van der Waals surface area contributed by atoms with Crippen molar-refractivity contribution in [3.05, 3.63) is 25.7 Å². The van der Waals surface area contributed by atoms with Crippen molar-refractivity contribution in [2.45, 2.75) is 12.5 Å². The molecule has 0 heterocycles. The summed E-state index contributed by atoms with van der Waals surface area (Å²) in [6.07, 6.45) is -0.0215. The van der Waals surface area contributed by atoms with E-state index in [1.165, 1.54) is 0 Å². The van der Waals surface area contributed by atoms with Gasteiger partial charge in [-0.25, -0.2) is 4.79 Å². The van der Waals surface area contributed by atoms with E-state index in [9.17, 15) is 14.4 Å². The molecule has 0 aromatic rings. The van der Waals surface area contributed by atoms with Crippen LogP contribution in [0.3, 0.4) is 0 Å². The third kappa shape index (κ3) is 5.25. The number of carbonyl (C=O) groups excluding carboxylic acids is 3. The second-order valence-corrected chi connectivity index (χ2v) is 2.19. The van der Waals surface area contributed by atoms with Gasteiger partial charge in [0.15, 0.2) is 0 Å². The molecule has 15 heavy (non-hydrogen) atoms. The van der Waals surface area contributed by atoms with E-state index in [0.717, 1.165) is 12.5 Å². The van der Waals surface area contributed by atoms with Crippen LogP contribution in [0.5, 0.6) is 0 Å². The maximum Gasteiger partial charge on any atom is 0.352 e. The Hall–Kier alpha value is -2.11. The van der Waals surface area contributed by atoms with Crippen LogP contribution in [0.25, 0.3) is 0 Å². The minimum absolute atomic E-state index is 0.0379. The standard InChI is InChI=1S/C9H10O6/c1-3-13-8(11)5-7(15-6-10)9(12)14-4-2/h3-4,6-7H,1-2,5H2. The lowest BCUT2D eigenvalue weighted by atomic mass is 10.2. The van der Waals surface area contributed by atoms with Gasteiger partial charge >= 0.3 is 11.9 Å². The minimum Gasteiger partial charge on any atom is -0.452 e. The number of hydrogen-bond acceptors (Lipinski definition) is 6. The number of ether oxygens (including phenoxy) is 3. The molecule has 0 aromatic heterocycles. The molecular formula is C9H10O6. The quantitative estimate of drug-likeness (QED) is 0.262. The van der Waals surface area contributed by atoms with Crippen LogP contribution < -0.4 is 0 Å². The first-order chi connectivity index (χ1) is 7.15. The van der Waals surface area contributed by atoms with Crippen LogP contribution in [0.1, 0.15) is 6.42 Å². The van der Waals surface area contributed by atoms with Gasteiger partial charge in [0.05, 0.1) is 18.9 Å². The molecule has 0 fully saturated rings. The fourth-order valence-corrected chi connectivity index (χ4v) is 0.705. The lowest BCUT2D eigenvalue weighted by Crippen LogP contribution is -2.28. The molecule has 1 atom stereocenters. The first kappa shape index (κ1) is 12.9. The molecule has 0 aliphatic heterocycles. The van der Waals surface area contributed by atoms with E-state index in [-0.39, 0.29) is 6.47 Å². The summed E-state index contributed by atoms with van der Waals surface area (Å²) in [7, 11) is 0. The highest BCUT2D eigenvalue weighted by Crippen LogP contribution is 2.02. The van der Waals surface area contributed by atoms with E-state index in [1.807, 2.05) is 0 Å². The molecule has 0 bridgehead atoms. The summed E-state index contributed by atoms with van der Waals surface area (Å²) in [5.74, 6) is -1.67. The predicted octanol–water partition coefficient (Wildman–Crippen LogP) is 0.291. The summed E-state index contributed by atoms with van der Waals surface area (Å²) in [5.41, 5.74) is 0. The SMILES string of the molecule is C=COC(=O)CC(OC=O)C(=O)OC=C. The largest absolute Gasteiger partial charge is 0.452 e. The van der Waals surface area contributed by atoms with Crippen LogP contribution in [0.4, 0.5) is 0 Å². The fraction of sp³-hybridized carbons (Fsp3) is 0.222. The molecule has 0 aliphatic carbocycles. The predicted molar refractivity (Wildman–Crippen MR) is 48.1 cm³/mol. The van der Waals surface area contributed by atoms with E-state index in [0.29, 0.717) is 0 Å². The summed E-state index contributed by atoms with van der Waals surface area (Å²) in [6.45, 7) is 6.33. The summed E-state index contributed by atoms with van der Waals surface area (Å²) < 4.78 is 13.0. The summed E-state index contributed by atoms with van der Waals surface area (Å²) in [4.78, 5) is 32.0. The Morgan fingerprint density at radius 2 is 1.80 bits per heavy atom. The first-order valence-corrected chi connectivity index (χ1v) is 3.86. The molecule has 6 heteroatoms. The van der Waals surface area contributed by atoms with Gasteiger partial charge in [0, 0.05) is 0 Å². The van der Waals surface area contributed by atoms with E-state index < -0.39 is 24.5 Å². The van der Waals surface area contributed by atoms with Gasteiger partial charge in [0.2, 0.25) is 6.10 Å². The molecule has 6 nitrogen and oxygen atoms in total. The van der Waals surface area contributed by atoms with E-state index in [1.54, 1.807) is 0 Å². The Bertz CT molecular complexity index is 270. The highest BCUT2D eigenvalue weighted by Gasteiger charge is 2.25. The van der Waals surface area contributed by atoms with Gasteiger partial charge in [0.25, 0.3) is 6.47 Å². The number of carbonyl (C=O) groups is 3. The first-order valence-electron chi connectivity index (χ1n) is 3.86. The van der Waals surface area contributed by atoms with Gasteiger partial charge in [-0.2, -0.15) is 0 Å². The normalized spacial score (nSPS) is 10.7. The molecule has 0 saturated heterocycles. The topological polar surface area (TPSA) is 78.9 Å². The molecule has 0 radical (unpaired) electrons. The van der Waals surface area contributed by atoms with Crippen LogP contribution in [0.2, 0.25) is 0 Å². The number of hydrogen-bond donors (Lipinski definition) is 0. The van der Waals surface area contributed by atoms with Crippen LogP contribution in [-0.4, -0.2) is 24.5 Å². The van der Waals surface area contributed by atoms with Gasteiger partial charge in [-0.05, 0) is 0 Å². The Kier molecular flexibility index (Phi) is 6.28. The summed E-state index contributed by atoms with van der Waals surface area (Å²) >= 11 is 0. The van der Waals surface area contributed by atoms with Crippen LogP contribution in [0, 0.1) is 0 Å². The third-order valence-electron chi connectivity index (χ3n) is 1.25. The van der Waals surface area contributed by atoms with Crippen molar-refractivity contribution in [2.75, 3.05) is 0 Å². The van der Waals surface area contributed by atoms with Gasteiger partial charge < -0.3 is 14.2 Å². The highest BCUT2D eigenvalue weighted by atomic mass is 16.6. The molecule has 0 spiro atoms. The van der Waals surface area contributed by atoms with Gasteiger partial charge in [-0.15, -0.1) is 0 Å². The zero-order valence-corrected chi connectivity index (χ0v) is 7.88. The molecule has 0 aromatic carbocycles. The average Bonchev–Trinajstić information content (AvgIpc) is 2.18. The van der Waals surface area contributed by atoms with Gasteiger partial charge in [0.1, 0.15) is 0 Å². The van der Waals surface area contributed by atoms with E-state index in [2.05, 4.69) is 27.4 Å². The van der Waals surface area contributed by atoms with Crippen molar-refractivity contribution >= 4 is 18.4 Å². The molecule has 82 valence electrons. The zero-order chi connectivity index (χ0) is 11.7. The number of rotatable bonds is 7. The maximum absolute atomic E-state index is 11.1. The van der Waals surface area contributed by atoms with Crippen molar-refractivity contribution in [1.82, 2.24) is 0 Å². The maximum atomic E-state index is 11.1. The van der Waals surface area contributed by atoms with E-state index >= 15 is 0 Å². The monoisotopic (exact) mass is 214 g/mol. The van der Waals surface area contributed by atoms with Gasteiger partial charge in [-0.3, -0.25) is 9.59 Å². The van der Waals surface area contributed by atoms with Gasteiger partial charge in [-0.1, -0.05) is 13.2 Å². The molecule has 0 aliphatic rings. The average molecular weight is 214 g/mol. The van der Waals surface area contributed by atoms with Crippen molar-refractivity contribution in [2.24, 2.45) is 0 Å². The molecule has 0 N–H and O–H groups in total. The minimum atomic E-state index is -1.34. The fourth-order valence-electron chi connectivity index (χ4n) is 0.705. The zero-order valence-electron chi connectivity index (χ0n) is 7.88. The van der Waals surface area contributed by atoms with Crippen molar-refractivity contribution in [3.8, 4) is 0 Å². The molecule has 0 rings (SSSR count). The molecular weight excluding hydrogens is 204 g/mol. The number of esters is 2. The Morgan fingerprint density at radius 1 is 1.20 bits per heavy atom. The lowest BCUT2D eigenvalue weighted by molar-refractivity contribution is -0.161. The lowest BCUT2D eigenvalue weighted by Gasteiger charge is -2.10. The van der Waals surface area contributed by atoms with Crippen molar-refractivity contribution < 1.29 is 28.6 Å². The summed E-state index contributed by atoms with van der Waals surface area (Å²) in [5, 5.41) is 0. The third-order valence-corrected chi connectivity index (χ3v) is 1.25. The second kappa shape index (κ2) is 7.31. The Labute approximate surface area is 86.1 Å². The second-order valence-electron chi connectivity index (χ2n) is 2.19. The summed E-state index contributed by atoms with van der Waals surface area (Å²) in [6, 6.07) is 0. The van der Waals surface area contributed by atoms with Crippen molar-refractivity contribution in [1.29, 1.82) is 0 Å². The molecule has 0 saturated carbocycles. The van der Waals surface area contributed by atoms with Crippen LogP contribution in [-0.2, 0) is 28.6 Å². The van der Waals surface area contributed by atoms with Crippen LogP contribution >= 0.6 is 0 Å². The van der Waals surface area contributed by atoms with Crippen LogP contribution in [0.15, 0.2) is 25.7 Å².